The molecule has 43 heavy (non-hydrogen) atoms. The molecule has 0 aliphatic carbocycles. The maximum absolute atomic E-state index is 13.4. The summed E-state index contributed by atoms with van der Waals surface area (Å²) in [5, 5.41) is 2.37. The highest BCUT2D eigenvalue weighted by molar-refractivity contribution is 8.18. The van der Waals surface area contributed by atoms with Gasteiger partial charge in [-0.25, -0.2) is 0 Å². The molecule has 0 bridgehead atoms. The predicted molar refractivity (Wildman–Crippen MR) is 173 cm³/mol. The van der Waals surface area contributed by atoms with Crippen molar-refractivity contribution in [2.45, 2.75) is 6.61 Å². The molecule has 0 radical (unpaired) electrons. The van der Waals surface area contributed by atoms with Crippen molar-refractivity contribution in [1.29, 1.82) is 0 Å². The normalized spacial score (nSPS) is 16.4. The Bertz CT molecular complexity index is 1740. The SMILES string of the molecule is O=C(CN1C(=O)S/C(=C/c2c(OCc3ccc(Cl)cc3Cl)ccc3ccccc23)C1=O)N1CCN(c2ccccc2)CC1. The topological polar surface area (TPSA) is 70.2 Å². The second-order valence-electron chi connectivity index (χ2n) is 10.2. The summed E-state index contributed by atoms with van der Waals surface area (Å²) in [5.74, 6) is -0.208. The Balaban J connectivity index is 1.19. The molecule has 10 heteroatoms. The average molecular weight is 633 g/mol. The molecule has 4 aromatic rings. The van der Waals surface area contributed by atoms with Gasteiger partial charge in [0, 0.05) is 53.0 Å². The van der Waals surface area contributed by atoms with Gasteiger partial charge < -0.3 is 14.5 Å². The number of ether oxygens (including phenoxy) is 1. The number of piperazine rings is 1. The Hall–Kier alpha value is -3.98. The Morgan fingerprint density at radius 1 is 0.884 bits per heavy atom. The van der Waals surface area contributed by atoms with Gasteiger partial charge in [0.1, 0.15) is 18.9 Å². The van der Waals surface area contributed by atoms with Crippen LogP contribution < -0.4 is 9.64 Å². The molecule has 2 aliphatic rings. The largest absolute Gasteiger partial charge is 0.488 e. The monoisotopic (exact) mass is 631 g/mol. The zero-order valence-electron chi connectivity index (χ0n) is 23.0. The summed E-state index contributed by atoms with van der Waals surface area (Å²) in [7, 11) is 0. The zero-order valence-corrected chi connectivity index (χ0v) is 25.4. The van der Waals surface area contributed by atoms with Crippen LogP contribution in [0.3, 0.4) is 0 Å². The lowest BCUT2D eigenvalue weighted by atomic mass is 10.0. The van der Waals surface area contributed by atoms with Gasteiger partial charge >= 0.3 is 0 Å². The molecule has 2 aliphatic heterocycles. The van der Waals surface area contributed by atoms with E-state index in [-0.39, 0.29) is 24.0 Å². The van der Waals surface area contributed by atoms with Crippen LogP contribution in [0.2, 0.25) is 10.0 Å². The molecule has 3 amide bonds. The van der Waals surface area contributed by atoms with Crippen LogP contribution in [0.4, 0.5) is 10.5 Å². The fourth-order valence-electron chi connectivity index (χ4n) is 5.20. The standard InChI is InChI=1S/C33H27Cl2N3O4S/c34-24-12-10-23(28(35)18-24)21-42-29-13-11-22-6-4-5-9-26(22)27(29)19-30-32(40)38(33(41)43-30)20-31(39)37-16-14-36(15-17-37)25-7-2-1-3-8-25/h1-13,18-19H,14-17,20-21H2/b30-19+. The van der Waals surface area contributed by atoms with Gasteiger partial charge in [-0.1, -0.05) is 77.8 Å². The highest BCUT2D eigenvalue weighted by Crippen LogP contribution is 2.37. The van der Waals surface area contributed by atoms with E-state index in [2.05, 4.69) is 4.90 Å². The van der Waals surface area contributed by atoms with Gasteiger partial charge in [-0.3, -0.25) is 19.3 Å². The number of amides is 3. The van der Waals surface area contributed by atoms with Crippen LogP contribution in [0.15, 0.2) is 89.8 Å². The lowest BCUT2D eigenvalue weighted by molar-refractivity contribution is -0.136. The predicted octanol–water partition coefficient (Wildman–Crippen LogP) is 7.11. The third kappa shape index (κ3) is 6.37. The molecule has 0 atom stereocenters. The van der Waals surface area contributed by atoms with Gasteiger partial charge in [-0.15, -0.1) is 0 Å². The van der Waals surface area contributed by atoms with Gasteiger partial charge in [0.2, 0.25) is 5.91 Å². The molecule has 218 valence electrons. The molecular weight excluding hydrogens is 605 g/mol. The minimum Gasteiger partial charge on any atom is -0.488 e. The molecule has 0 aromatic heterocycles. The Kier molecular flexibility index (Phi) is 8.61. The maximum Gasteiger partial charge on any atom is 0.294 e. The van der Waals surface area contributed by atoms with Gasteiger partial charge in [-0.2, -0.15) is 0 Å². The number of hydrogen-bond acceptors (Lipinski definition) is 6. The number of carbonyl (C=O) groups excluding carboxylic acids is 3. The van der Waals surface area contributed by atoms with E-state index < -0.39 is 11.1 Å². The van der Waals surface area contributed by atoms with Crippen LogP contribution >= 0.6 is 35.0 Å². The van der Waals surface area contributed by atoms with E-state index in [9.17, 15) is 14.4 Å². The maximum atomic E-state index is 13.4. The first kappa shape index (κ1) is 29.1. The number of anilines is 1. The summed E-state index contributed by atoms with van der Waals surface area (Å²) in [4.78, 5) is 44.7. The number of nitrogens with zero attached hydrogens (tertiary/aromatic N) is 3. The molecule has 0 N–H and O–H groups in total. The molecule has 0 unspecified atom stereocenters. The van der Waals surface area contributed by atoms with E-state index in [4.69, 9.17) is 27.9 Å². The van der Waals surface area contributed by atoms with Crippen molar-refractivity contribution >= 4 is 74.6 Å². The number of halogens is 2. The van der Waals surface area contributed by atoms with Crippen LogP contribution in [0.25, 0.3) is 16.8 Å². The van der Waals surface area contributed by atoms with Crippen molar-refractivity contribution in [2.24, 2.45) is 0 Å². The molecule has 2 heterocycles. The number of carbonyl (C=O) groups is 3. The van der Waals surface area contributed by atoms with Gasteiger partial charge in [0.05, 0.1) is 4.91 Å². The van der Waals surface area contributed by atoms with Crippen molar-refractivity contribution in [3.05, 3.63) is 111 Å². The first-order chi connectivity index (χ1) is 20.9. The number of rotatable bonds is 7. The van der Waals surface area contributed by atoms with Crippen LogP contribution in [0.5, 0.6) is 5.75 Å². The van der Waals surface area contributed by atoms with Crippen molar-refractivity contribution in [1.82, 2.24) is 9.80 Å². The van der Waals surface area contributed by atoms with E-state index in [1.807, 2.05) is 66.7 Å². The van der Waals surface area contributed by atoms with Gasteiger partial charge in [0.25, 0.3) is 11.1 Å². The molecule has 7 nitrogen and oxygen atoms in total. The molecule has 0 spiro atoms. The highest BCUT2D eigenvalue weighted by atomic mass is 35.5. The first-order valence-electron chi connectivity index (χ1n) is 13.8. The fraction of sp³-hybridized carbons (Fsp3) is 0.182. The van der Waals surface area contributed by atoms with E-state index in [0.29, 0.717) is 47.5 Å². The Morgan fingerprint density at radius 2 is 1.63 bits per heavy atom. The first-order valence-corrected chi connectivity index (χ1v) is 15.4. The molecule has 2 saturated heterocycles. The lowest BCUT2D eigenvalue weighted by Crippen LogP contribution is -2.51. The number of imide groups is 1. The summed E-state index contributed by atoms with van der Waals surface area (Å²) in [6.07, 6.45) is 1.68. The van der Waals surface area contributed by atoms with E-state index >= 15 is 0 Å². The minimum atomic E-state index is -0.495. The number of benzene rings is 4. The third-order valence-electron chi connectivity index (χ3n) is 7.53. The zero-order chi connectivity index (χ0) is 29.9. The van der Waals surface area contributed by atoms with Crippen LogP contribution in [-0.2, 0) is 16.2 Å². The summed E-state index contributed by atoms with van der Waals surface area (Å²) < 4.78 is 6.18. The quantitative estimate of drug-likeness (QED) is 0.202. The van der Waals surface area contributed by atoms with Crippen molar-refractivity contribution in [3.8, 4) is 5.75 Å². The van der Waals surface area contributed by atoms with Crippen LogP contribution in [-0.4, -0.2) is 59.6 Å². The van der Waals surface area contributed by atoms with E-state index in [1.54, 1.807) is 29.2 Å². The number of hydrogen-bond donors (Lipinski definition) is 0. The fourth-order valence-corrected chi connectivity index (χ4v) is 6.48. The summed E-state index contributed by atoms with van der Waals surface area (Å²) in [6, 6.07) is 26.8. The van der Waals surface area contributed by atoms with Crippen molar-refractivity contribution < 1.29 is 19.1 Å². The number of thioether (sulfide) groups is 1. The van der Waals surface area contributed by atoms with E-state index in [0.717, 1.165) is 38.7 Å². The molecular formula is C33H27Cl2N3O4S. The molecule has 2 fully saturated rings. The lowest BCUT2D eigenvalue weighted by Gasteiger charge is -2.36. The minimum absolute atomic E-state index is 0.183. The van der Waals surface area contributed by atoms with Crippen molar-refractivity contribution in [2.75, 3.05) is 37.6 Å². The second-order valence-corrected chi connectivity index (χ2v) is 12.0. The summed E-state index contributed by atoms with van der Waals surface area (Å²) in [5.41, 5.74) is 2.53. The second kappa shape index (κ2) is 12.7. The van der Waals surface area contributed by atoms with Crippen LogP contribution in [0.1, 0.15) is 11.1 Å². The summed E-state index contributed by atoms with van der Waals surface area (Å²) in [6.45, 7) is 2.30. The summed E-state index contributed by atoms with van der Waals surface area (Å²) >= 11 is 13.2. The third-order valence-corrected chi connectivity index (χ3v) is 9.02. The van der Waals surface area contributed by atoms with Gasteiger partial charge in [-0.05, 0) is 58.9 Å². The molecule has 4 aromatic carbocycles. The average Bonchev–Trinajstić information content (AvgIpc) is 3.29. The number of para-hydroxylation sites is 1. The molecule has 0 saturated carbocycles. The molecule has 6 rings (SSSR count). The van der Waals surface area contributed by atoms with Crippen molar-refractivity contribution in [3.63, 3.8) is 0 Å². The van der Waals surface area contributed by atoms with Crippen LogP contribution in [0, 0.1) is 0 Å². The Morgan fingerprint density at radius 3 is 2.40 bits per heavy atom. The van der Waals surface area contributed by atoms with E-state index in [1.165, 1.54) is 0 Å². The smallest absolute Gasteiger partial charge is 0.294 e. The highest BCUT2D eigenvalue weighted by Gasteiger charge is 2.38. The van der Waals surface area contributed by atoms with Gasteiger partial charge in [0.15, 0.2) is 0 Å². The Labute approximate surface area is 263 Å². The number of fused-ring (bicyclic) bond motifs is 1.